The first-order valence-electron chi connectivity index (χ1n) is 5.77. The van der Waals surface area contributed by atoms with Crippen molar-refractivity contribution in [3.05, 3.63) is 35.8 Å². The Kier molecular flexibility index (Phi) is 3.58. The van der Waals surface area contributed by atoms with E-state index in [1.54, 1.807) is 6.20 Å². The number of oxazole rings is 1. The number of aromatic nitrogens is 3. The van der Waals surface area contributed by atoms with Crippen molar-refractivity contribution in [1.29, 1.82) is 0 Å². The Balaban J connectivity index is 1.94. The van der Waals surface area contributed by atoms with Crippen LogP contribution in [0.2, 0.25) is 0 Å². The quantitative estimate of drug-likeness (QED) is 0.857. The van der Waals surface area contributed by atoms with Crippen LogP contribution in [0.5, 0.6) is 0 Å². The van der Waals surface area contributed by atoms with E-state index in [1.165, 1.54) is 12.0 Å². The zero-order valence-electron chi connectivity index (χ0n) is 10.5. The summed E-state index contributed by atoms with van der Waals surface area (Å²) in [5, 5.41) is 7.79. The lowest BCUT2D eigenvalue weighted by molar-refractivity contribution is 0.478. The van der Waals surface area contributed by atoms with E-state index in [4.69, 9.17) is 4.42 Å². The minimum atomic E-state index is 0.443. The summed E-state index contributed by atoms with van der Waals surface area (Å²) in [4.78, 5) is 3.87. The summed E-state index contributed by atoms with van der Waals surface area (Å²) in [5.74, 6) is 1.29. The molecule has 92 valence electrons. The molecule has 0 atom stereocenters. The Hall–Kier alpha value is -1.62. The molecular weight excluding hydrogens is 216 g/mol. The molecule has 17 heavy (non-hydrogen) atoms. The fraction of sp³-hybridized carbons (Fsp3) is 0.500. The molecule has 0 aliphatic heterocycles. The summed E-state index contributed by atoms with van der Waals surface area (Å²) in [6.45, 7) is 5.79. The van der Waals surface area contributed by atoms with Gasteiger partial charge in [-0.2, -0.15) is 5.10 Å². The van der Waals surface area contributed by atoms with Crippen LogP contribution >= 0.6 is 0 Å². The second kappa shape index (κ2) is 5.14. The zero-order valence-corrected chi connectivity index (χ0v) is 10.5. The number of hydrogen-bond acceptors (Lipinski definition) is 4. The molecule has 0 amide bonds. The molecule has 0 bridgehead atoms. The average molecular weight is 234 g/mol. The van der Waals surface area contributed by atoms with Gasteiger partial charge in [0, 0.05) is 25.4 Å². The number of hydrogen-bond donors (Lipinski definition) is 1. The van der Waals surface area contributed by atoms with Crippen molar-refractivity contribution in [2.45, 2.75) is 32.9 Å². The minimum absolute atomic E-state index is 0.443. The highest BCUT2D eigenvalue weighted by Crippen LogP contribution is 2.16. The summed E-state index contributed by atoms with van der Waals surface area (Å²) in [6, 6.07) is 0. The van der Waals surface area contributed by atoms with Gasteiger partial charge in [-0.1, -0.05) is 13.8 Å². The summed E-state index contributed by atoms with van der Waals surface area (Å²) < 4.78 is 7.02. The number of nitrogens with one attached hydrogen (secondary N) is 1. The van der Waals surface area contributed by atoms with Crippen LogP contribution in [0.4, 0.5) is 0 Å². The van der Waals surface area contributed by atoms with Crippen molar-refractivity contribution in [2.75, 3.05) is 0 Å². The SMILES string of the molecule is CC(C)c1nn(C)cc1CNCc1cnco1. The molecule has 5 nitrogen and oxygen atoms in total. The van der Waals surface area contributed by atoms with E-state index >= 15 is 0 Å². The fourth-order valence-corrected chi connectivity index (χ4v) is 1.83. The maximum atomic E-state index is 5.16. The van der Waals surface area contributed by atoms with Gasteiger partial charge >= 0.3 is 0 Å². The molecule has 5 heteroatoms. The monoisotopic (exact) mass is 234 g/mol. The van der Waals surface area contributed by atoms with Gasteiger partial charge in [0.15, 0.2) is 6.39 Å². The van der Waals surface area contributed by atoms with Crippen LogP contribution in [-0.4, -0.2) is 14.8 Å². The van der Waals surface area contributed by atoms with Crippen molar-refractivity contribution < 1.29 is 4.42 Å². The van der Waals surface area contributed by atoms with Crippen molar-refractivity contribution in [3.63, 3.8) is 0 Å². The topological polar surface area (TPSA) is 55.9 Å². The highest BCUT2D eigenvalue weighted by molar-refractivity contribution is 5.19. The van der Waals surface area contributed by atoms with Gasteiger partial charge in [0.1, 0.15) is 5.76 Å². The molecule has 2 rings (SSSR count). The second-order valence-corrected chi connectivity index (χ2v) is 4.44. The molecule has 0 unspecified atom stereocenters. The Labute approximate surface area is 101 Å². The molecule has 0 radical (unpaired) electrons. The van der Waals surface area contributed by atoms with E-state index in [-0.39, 0.29) is 0 Å². The third kappa shape index (κ3) is 2.94. The summed E-state index contributed by atoms with van der Waals surface area (Å²) >= 11 is 0. The fourth-order valence-electron chi connectivity index (χ4n) is 1.83. The predicted octanol–water partition coefficient (Wildman–Crippen LogP) is 1.82. The van der Waals surface area contributed by atoms with Crippen LogP contribution in [0.15, 0.2) is 23.2 Å². The maximum Gasteiger partial charge on any atom is 0.180 e. The third-order valence-electron chi connectivity index (χ3n) is 2.58. The van der Waals surface area contributed by atoms with E-state index < -0.39 is 0 Å². The molecule has 0 fully saturated rings. The lowest BCUT2D eigenvalue weighted by Gasteiger charge is -2.05. The van der Waals surface area contributed by atoms with Crippen molar-refractivity contribution in [3.8, 4) is 0 Å². The average Bonchev–Trinajstić information content (AvgIpc) is 2.88. The predicted molar refractivity (Wildman–Crippen MR) is 64.3 cm³/mol. The number of nitrogens with zero attached hydrogens (tertiary/aromatic N) is 3. The Morgan fingerprint density at radius 2 is 2.24 bits per heavy atom. The van der Waals surface area contributed by atoms with E-state index in [2.05, 4.69) is 35.4 Å². The van der Waals surface area contributed by atoms with Gasteiger partial charge in [0.2, 0.25) is 0 Å². The normalized spacial score (nSPS) is 11.3. The second-order valence-electron chi connectivity index (χ2n) is 4.44. The molecule has 0 aliphatic carbocycles. The standard InChI is InChI=1S/C12H18N4O/c1-9(2)12-10(7-16(3)15-12)4-13-5-11-6-14-8-17-11/h6-9,13H,4-5H2,1-3H3. The van der Waals surface area contributed by atoms with Crippen molar-refractivity contribution in [1.82, 2.24) is 20.1 Å². The number of aryl methyl sites for hydroxylation is 1. The van der Waals surface area contributed by atoms with Gasteiger partial charge in [-0.25, -0.2) is 4.98 Å². The zero-order chi connectivity index (χ0) is 12.3. The molecule has 0 saturated heterocycles. The van der Waals surface area contributed by atoms with Crippen LogP contribution in [0.25, 0.3) is 0 Å². The van der Waals surface area contributed by atoms with Gasteiger partial charge < -0.3 is 9.73 Å². The van der Waals surface area contributed by atoms with Gasteiger partial charge in [-0.15, -0.1) is 0 Å². The highest BCUT2D eigenvalue weighted by atomic mass is 16.3. The largest absolute Gasteiger partial charge is 0.447 e. The summed E-state index contributed by atoms with van der Waals surface area (Å²) in [5.41, 5.74) is 2.39. The molecule has 2 aromatic rings. The Morgan fingerprint density at radius 3 is 2.88 bits per heavy atom. The van der Waals surface area contributed by atoms with Gasteiger partial charge in [-0.05, 0) is 5.92 Å². The van der Waals surface area contributed by atoms with Crippen molar-refractivity contribution >= 4 is 0 Å². The Morgan fingerprint density at radius 1 is 1.41 bits per heavy atom. The molecule has 2 heterocycles. The summed E-state index contributed by atoms with van der Waals surface area (Å²) in [7, 11) is 1.95. The lowest BCUT2D eigenvalue weighted by atomic mass is 10.1. The van der Waals surface area contributed by atoms with Crippen molar-refractivity contribution in [2.24, 2.45) is 7.05 Å². The molecular formula is C12H18N4O. The van der Waals surface area contributed by atoms with Gasteiger partial charge in [-0.3, -0.25) is 4.68 Å². The van der Waals surface area contributed by atoms with E-state index in [0.717, 1.165) is 18.0 Å². The molecule has 0 aromatic carbocycles. The lowest BCUT2D eigenvalue weighted by Crippen LogP contribution is -2.13. The van der Waals surface area contributed by atoms with Crippen LogP contribution in [0, 0.1) is 0 Å². The Bertz CT molecular complexity index is 459. The smallest absolute Gasteiger partial charge is 0.180 e. The molecule has 0 aliphatic rings. The first-order valence-corrected chi connectivity index (χ1v) is 5.77. The molecule has 0 spiro atoms. The first kappa shape index (κ1) is 11.9. The summed E-state index contributed by atoms with van der Waals surface area (Å²) in [6.07, 6.45) is 5.23. The third-order valence-corrected chi connectivity index (χ3v) is 2.58. The first-order chi connectivity index (χ1) is 8.16. The van der Waals surface area contributed by atoms with Crippen LogP contribution < -0.4 is 5.32 Å². The molecule has 1 N–H and O–H groups in total. The molecule has 2 aromatic heterocycles. The van der Waals surface area contributed by atoms with E-state index in [9.17, 15) is 0 Å². The molecule has 0 saturated carbocycles. The van der Waals surface area contributed by atoms with Crippen LogP contribution in [-0.2, 0) is 20.1 Å². The maximum absolute atomic E-state index is 5.16. The van der Waals surface area contributed by atoms with Gasteiger partial charge in [0.05, 0.1) is 18.4 Å². The van der Waals surface area contributed by atoms with E-state index in [1.807, 2.05) is 11.7 Å². The number of rotatable bonds is 5. The van der Waals surface area contributed by atoms with E-state index in [0.29, 0.717) is 12.5 Å². The van der Waals surface area contributed by atoms with Crippen LogP contribution in [0.3, 0.4) is 0 Å². The minimum Gasteiger partial charge on any atom is -0.447 e. The van der Waals surface area contributed by atoms with Crippen LogP contribution in [0.1, 0.15) is 36.8 Å². The van der Waals surface area contributed by atoms with Gasteiger partial charge in [0.25, 0.3) is 0 Å². The highest BCUT2D eigenvalue weighted by Gasteiger charge is 2.10.